The van der Waals surface area contributed by atoms with E-state index < -0.39 is 0 Å². The van der Waals surface area contributed by atoms with E-state index in [1.165, 1.54) is 0 Å². The number of aromatic nitrogens is 1. The van der Waals surface area contributed by atoms with Gasteiger partial charge in [-0.15, -0.1) is 0 Å². The summed E-state index contributed by atoms with van der Waals surface area (Å²) in [7, 11) is 0. The van der Waals surface area contributed by atoms with Crippen molar-refractivity contribution in [3.63, 3.8) is 0 Å². The van der Waals surface area contributed by atoms with Gasteiger partial charge in [-0.1, -0.05) is 0 Å². The lowest BCUT2D eigenvalue weighted by Gasteiger charge is -2.02. The van der Waals surface area contributed by atoms with Crippen LogP contribution in [0.2, 0.25) is 0 Å². The third-order valence-electron chi connectivity index (χ3n) is 1.65. The zero-order chi connectivity index (χ0) is 9.68. The maximum absolute atomic E-state index is 9.87. The third-order valence-corrected chi connectivity index (χ3v) is 2.48. The first-order valence-electron chi connectivity index (χ1n) is 3.90. The molecule has 0 radical (unpaired) electrons. The fraction of sp³-hybridized carbons (Fsp3) is 0.333. The second-order valence-corrected chi connectivity index (χ2v) is 3.50. The maximum Gasteiger partial charge on any atom is 0.293 e. The fourth-order valence-corrected chi connectivity index (χ4v) is 1.16. The Balaban J connectivity index is 2.57. The molecule has 70 valence electrons. The van der Waals surface area contributed by atoms with Crippen molar-refractivity contribution in [2.45, 2.75) is 13.3 Å². The highest BCUT2D eigenvalue weighted by atomic mass is 79.9. The van der Waals surface area contributed by atoms with Gasteiger partial charge in [-0.3, -0.25) is 9.78 Å². The Morgan fingerprint density at radius 1 is 1.69 bits per heavy atom. The normalized spacial score (nSPS) is 9.69. The number of hydrogen-bond acceptors (Lipinski definition) is 3. The highest BCUT2D eigenvalue weighted by Crippen LogP contribution is 2.14. The number of hydrogen-bond donors (Lipinski definition) is 0. The van der Waals surface area contributed by atoms with E-state index in [0.717, 1.165) is 15.7 Å². The molecule has 4 heteroatoms. The molecule has 0 saturated carbocycles. The van der Waals surface area contributed by atoms with Gasteiger partial charge in [0.1, 0.15) is 0 Å². The average molecular weight is 244 g/mol. The van der Waals surface area contributed by atoms with Crippen LogP contribution in [0.4, 0.5) is 0 Å². The fourth-order valence-electron chi connectivity index (χ4n) is 0.946. The molecular weight excluding hydrogens is 234 g/mol. The summed E-state index contributed by atoms with van der Waals surface area (Å²) in [6.45, 7) is 2.83. The van der Waals surface area contributed by atoms with Crippen LogP contribution in [0.25, 0.3) is 0 Å². The van der Waals surface area contributed by atoms with Crippen LogP contribution in [0.15, 0.2) is 16.7 Å². The summed E-state index contributed by atoms with van der Waals surface area (Å²) < 4.78 is 5.57. The van der Waals surface area contributed by atoms with Crippen molar-refractivity contribution in [1.29, 1.82) is 0 Å². The Hall–Kier alpha value is -0.900. The van der Waals surface area contributed by atoms with Crippen molar-refractivity contribution < 1.29 is 9.53 Å². The Morgan fingerprint density at radius 3 is 3.08 bits per heavy atom. The smallest absolute Gasteiger partial charge is 0.293 e. The maximum atomic E-state index is 9.87. The lowest BCUT2D eigenvalue weighted by Crippen LogP contribution is -1.99. The summed E-state index contributed by atoms with van der Waals surface area (Å²) in [6.07, 6.45) is 2.42. The molecule has 0 spiro atoms. The average Bonchev–Trinajstić information content (AvgIpc) is 2.12. The van der Waals surface area contributed by atoms with E-state index in [0.29, 0.717) is 19.5 Å². The van der Waals surface area contributed by atoms with Gasteiger partial charge in [0.15, 0.2) is 0 Å². The van der Waals surface area contributed by atoms with Crippen LogP contribution in [0.1, 0.15) is 11.3 Å². The molecule has 13 heavy (non-hydrogen) atoms. The molecule has 0 aromatic carbocycles. The zero-order valence-electron chi connectivity index (χ0n) is 7.29. The molecule has 0 aliphatic carbocycles. The Kier molecular flexibility index (Phi) is 3.89. The Labute approximate surface area is 85.3 Å². The van der Waals surface area contributed by atoms with Crippen LogP contribution in [0.5, 0.6) is 0 Å². The summed E-state index contributed by atoms with van der Waals surface area (Å²) in [5, 5.41) is 0. The summed E-state index contributed by atoms with van der Waals surface area (Å²) >= 11 is 3.36. The number of nitrogens with zero attached hydrogens (tertiary/aromatic N) is 1. The topological polar surface area (TPSA) is 39.2 Å². The minimum atomic E-state index is 0.386. The van der Waals surface area contributed by atoms with Crippen LogP contribution in [-0.4, -0.2) is 18.1 Å². The van der Waals surface area contributed by atoms with E-state index in [-0.39, 0.29) is 0 Å². The molecule has 1 heterocycles. The summed E-state index contributed by atoms with van der Waals surface area (Å²) in [5.74, 6) is 0. The molecule has 1 aromatic heterocycles. The van der Waals surface area contributed by atoms with Gasteiger partial charge >= 0.3 is 0 Å². The van der Waals surface area contributed by atoms with Crippen molar-refractivity contribution in [2.24, 2.45) is 0 Å². The molecular formula is C9H10BrNO2. The van der Waals surface area contributed by atoms with E-state index in [1.54, 1.807) is 6.20 Å². The quantitative estimate of drug-likeness (QED) is 0.599. The Morgan fingerprint density at radius 2 is 2.46 bits per heavy atom. The number of rotatable bonds is 4. The first-order valence-corrected chi connectivity index (χ1v) is 4.69. The molecule has 0 aliphatic heterocycles. The van der Waals surface area contributed by atoms with Gasteiger partial charge in [-0.05, 0) is 34.5 Å². The van der Waals surface area contributed by atoms with E-state index in [1.807, 2.05) is 13.0 Å². The molecule has 3 nitrogen and oxygen atoms in total. The van der Waals surface area contributed by atoms with Crippen LogP contribution < -0.4 is 0 Å². The molecule has 1 aromatic rings. The number of carbonyl (C=O) groups is 1. The molecule has 0 unspecified atom stereocenters. The van der Waals surface area contributed by atoms with Gasteiger partial charge in [-0.2, -0.15) is 0 Å². The minimum absolute atomic E-state index is 0.386. The first kappa shape index (κ1) is 10.2. The summed E-state index contributed by atoms with van der Waals surface area (Å²) in [5.41, 5.74) is 2.07. The third kappa shape index (κ3) is 3.14. The molecule has 0 saturated heterocycles. The number of carbonyl (C=O) groups excluding carboxylic acids is 1. The molecule has 0 atom stereocenters. The highest BCUT2D eigenvalue weighted by Gasteiger charge is 1.98. The lowest BCUT2D eigenvalue weighted by atomic mass is 10.2. The standard InChI is InChI=1S/C9H10BrNO2/c1-7-4-8(2-3-13-6-12)11-5-9(7)10/h4-6H,2-3H2,1H3. The number of pyridine rings is 1. The van der Waals surface area contributed by atoms with Crippen molar-refractivity contribution in [1.82, 2.24) is 4.98 Å². The number of aryl methyl sites for hydroxylation is 1. The molecule has 0 fully saturated rings. The molecule has 0 N–H and O–H groups in total. The monoisotopic (exact) mass is 243 g/mol. The van der Waals surface area contributed by atoms with Crippen LogP contribution in [0, 0.1) is 6.92 Å². The van der Waals surface area contributed by atoms with E-state index in [9.17, 15) is 4.79 Å². The van der Waals surface area contributed by atoms with Gasteiger partial charge in [0.2, 0.25) is 0 Å². The number of halogens is 1. The first-order chi connectivity index (χ1) is 6.24. The van der Waals surface area contributed by atoms with Gasteiger partial charge in [0.25, 0.3) is 6.47 Å². The van der Waals surface area contributed by atoms with E-state index >= 15 is 0 Å². The second-order valence-electron chi connectivity index (χ2n) is 2.64. The van der Waals surface area contributed by atoms with Crippen molar-refractivity contribution in [2.75, 3.05) is 6.61 Å². The predicted octanol–water partition coefficient (Wildman–Crippen LogP) is 1.87. The molecule has 0 aliphatic rings. The van der Waals surface area contributed by atoms with E-state index in [2.05, 4.69) is 25.7 Å². The van der Waals surface area contributed by atoms with Crippen molar-refractivity contribution in [3.8, 4) is 0 Å². The van der Waals surface area contributed by atoms with Gasteiger partial charge < -0.3 is 4.74 Å². The summed E-state index contributed by atoms with van der Waals surface area (Å²) in [4.78, 5) is 14.0. The zero-order valence-corrected chi connectivity index (χ0v) is 8.87. The van der Waals surface area contributed by atoms with Gasteiger partial charge in [0.05, 0.1) is 6.61 Å². The van der Waals surface area contributed by atoms with Crippen LogP contribution >= 0.6 is 15.9 Å². The summed E-state index contributed by atoms with van der Waals surface area (Å²) in [6, 6.07) is 1.97. The molecule has 0 amide bonds. The van der Waals surface area contributed by atoms with Crippen LogP contribution in [-0.2, 0) is 16.0 Å². The highest BCUT2D eigenvalue weighted by molar-refractivity contribution is 9.10. The van der Waals surface area contributed by atoms with E-state index in [4.69, 9.17) is 0 Å². The van der Waals surface area contributed by atoms with Crippen molar-refractivity contribution in [3.05, 3.63) is 28.0 Å². The van der Waals surface area contributed by atoms with Crippen LogP contribution in [0.3, 0.4) is 0 Å². The van der Waals surface area contributed by atoms with Gasteiger partial charge in [-0.25, -0.2) is 0 Å². The van der Waals surface area contributed by atoms with Crippen molar-refractivity contribution >= 4 is 22.4 Å². The predicted molar refractivity (Wildman–Crippen MR) is 52.4 cm³/mol. The Bertz CT molecular complexity index is 302. The largest absolute Gasteiger partial charge is 0.467 e. The SMILES string of the molecule is Cc1cc(CCOC=O)ncc1Br. The minimum Gasteiger partial charge on any atom is -0.467 e. The second kappa shape index (κ2) is 4.97. The molecule has 1 rings (SSSR count). The van der Waals surface area contributed by atoms with Gasteiger partial charge in [0, 0.05) is 22.8 Å². The number of ether oxygens (including phenoxy) is 1. The molecule has 0 bridgehead atoms. The lowest BCUT2D eigenvalue weighted by molar-refractivity contribution is -0.128.